The van der Waals surface area contributed by atoms with E-state index in [4.69, 9.17) is 0 Å². The van der Waals surface area contributed by atoms with Crippen molar-refractivity contribution < 1.29 is 18.0 Å². The molecule has 1 aromatic carbocycles. The van der Waals surface area contributed by atoms with Crippen molar-refractivity contribution >= 4 is 11.6 Å². The van der Waals surface area contributed by atoms with E-state index in [9.17, 15) is 22.8 Å². The van der Waals surface area contributed by atoms with Crippen molar-refractivity contribution in [2.75, 3.05) is 5.32 Å². The Labute approximate surface area is 111 Å². The number of aromatic amines is 1. The zero-order valence-corrected chi connectivity index (χ0v) is 9.99. The zero-order valence-electron chi connectivity index (χ0n) is 9.99. The summed E-state index contributed by atoms with van der Waals surface area (Å²) in [4.78, 5) is 25.4. The van der Waals surface area contributed by atoms with E-state index < -0.39 is 17.6 Å². The lowest BCUT2D eigenvalue weighted by Gasteiger charge is -2.08. The Morgan fingerprint density at radius 3 is 2.30 bits per heavy atom. The van der Waals surface area contributed by atoms with Gasteiger partial charge in [0.15, 0.2) is 5.43 Å². The lowest BCUT2D eigenvalue weighted by atomic mass is 10.2. The average molecular weight is 282 g/mol. The highest BCUT2D eigenvalue weighted by atomic mass is 19.4. The SMILES string of the molecule is O=C(Nc1ccc(C(F)(F)F)cc1)c1cc(=O)cc[nH]1. The van der Waals surface area contributed by atoms with E-state index >= 15 is 0 Å². The third kappa shape index (κ3) is 3.25. The van der Waals surface area contributed by atoms with Crippen LogP contribution < -0.4 is 10.7 Å². The van der Waals surface area contributed by atoms with E-state index in [1.807, 2.05) is 0 Å². The molecule has 0 saturated heterocycles. The maximum absolute atomic E-state index is 12.4. The predicted molar refractivity (Wildman–Crippen MR) is 66.5 cm³/mol. The van der Waals surface area contributed by atoms with E-state index in [0.29, 0.717) is 0 Å². The van der Waals surface area contributed by atoms with Gasteiger partial charge >= 0.3 is 6.18 Å². The van der Waals surface area contributed by atoms with Crippen LogP contribution in [0.5, 0.6) is 0 Å². The molecule has 0 aliphatic carbocycles. The summed E-state index contributed by atoms with van der Waals surface area (Å²) in [6.45, 7) is 0. The Kier molecular flexibility index (Phi) is 3.60. The van der Waals surface area contributed by atoms with E-state index in [1.54, 1.807) is 0 Å². The Morgan fingerprint density at radius 1 is 1.10 bits per heavy atom. The van der Waals surface area contributed by atoms with Crippen molar-refractivity contribution in [3.8, 4) is 0 Å². The first kappa shape index (κ1) is 13.9. The first-order valence-electron chi connectivity index (χ1n) is 5.53. The number of hydrogen-bond acceptors (Lipinski definition) is 2. The second-order valence-corrected chi connectivity index (χ2v) is 3.97. The lowest BCUT2D eigenvalue weighted by Crippen LogP contribution is -2.16. The van der Waals surface area contributed by atoms with Gasteiger partial charge in [0.1, 0.15) is 5.69 Å². The van der Waals surface area contributed by atoms with Crippen LogP contribution in [0.1, 0.15) is 16.1 Å². The Bertz CT molecular complexity index is 675. The molecule has 0 saturated carbocycles. The minimum Gasteiger partial charge on any atom is -0.357 e. The third-order valence-electron chi connectivity index (χ3n) is 2.49. The molecule has 104 valence electrons. The predicted octanol–water partition coefficient (Wildman–Crippen LogP) is 2.65. The van der Waals surface area contributed by atoms with Crippen LogP contribution in [0.25, 0.3) is 0 Å². The van der Waals surface area contributed by atoms with Gasteiger partial charge in [0.05, 0.1) is 5.56 Å². The quantitative estimate of drug-likeness (QED) is 0.889. The van der Waals surface area contributed by atoms with Crippen LogP contribution in [0.2, 0.25) is 0 Å². The first-order chi connectivity index (χ1) is 9.36. The Balaban J connectivity index is 2.14. The molecule has 1 amide bonds. The van der Waals surface area contributed by atoms with Crippen molar-refractivity contribution in [1.82, 2.24) is 4.98 Å². The molecular formula is C13H9F3N2O2. The van der Waals surface area contributed by atoms with Gasteiger partial charge < -0.3 is 10.3 Å². The summed E-state index contributed by atoms with van der Waals surface area (Å²) in [7, 11) is 0. The molecule has 0 atom stereocenters. The number of carbonyl (C=O) groups excluding carboxylic acids is 1. The van der Waals surface area contributed by atoms with Gasteiger partial charge in [0.25, 0.3) is 5.91 Å². The maximum atomic E-state index is 12.4. The molecule has 0 aliphatic rings. The minimum absolute atomic E-state index is 0.0254. The van der Waals surface area contributed by atoms with Crippen molar-refractivity contribution in [2.45, 2.75) is 6.18 Å². The number of amides is 1. The average Bonchev–Trinajstić information content (AvgIpc) is 2.38. The summed E-state index contributed by atoms with van der Waals surface area (Å²) in [6, 6.07) is 6.35. The van der Waals surface area contributed by atoms with Crippen LogP contribution in [-0.2, 0) is 6.18 Å². The normalized spacial score (nSPS) is 11.2. The molecule has 2 aromatic rings. The largest absolute Gasteiger partial charge is 0.416 e. The number of halogens is 3. The molecule has 1 heterocycles. The number of nitrogens with one attached hydrogen (secondary N) is 2. The first-order valence-corrected chi connectivity index (χ1v) is 5.53. The standard InChI is InChI=1S/C13H9F3N2O2/c14-13(15,16)8-1-3-9(4-2-8)18-12(20)11-7-10(19)5-6-17-11/h1-7H,(H,17,19)(H,18,20). The van der Waals surface area contributed by atoms with Gasteiger partial charge in [-0.15, -0.1) is 0 Å². The topological polar surface area (TPSA) is 62.0 Å². The summed E-state index contributed by atoms with van der Waals surface area (Å²) in [5, 5.41) is 2.39. The van der Waals surface area contributed by atoms with Gasteiger partial charge in [-0.1, -0.05) is 0 Å². The maximum Gasteiger partial charge on any atom is 0.416 e. The Morgan fingerprint density at radius 2 is 1.75 bits per heavy atom. The minimum atomic E-state index is -4.42. The van der Waals surface area contributed by atoms with Crippen LogP contribution in [0.4, 0.5) is 18.9 Å². The molecule has 0 spiro atoms. The van der Waals surface area contributed by atoms with E-state index in [1.165, 1.54) is 12.3 Å². The smallest absolute Gasteiger partial charge is 0.357 e. The highest BCUT2D eigenvalue weighted by molar-refractivity contribution is 6.02. The number of aromatic nitrogens is 1. The van der Waals surface area contributed by atoms with Crippen molar-refractivity contribution in [3.05, 3.63) is 64.1 Å². The highest BCUT2D eigenvalue weighted by Crippen LogP contribution is 2.29. The van der Waals surface area contributed by atoms with Gasteiger partial charge in [0, 0.05) is 24.0 Å². The Hall–Kier alpha value is -2.57. The molecule has 0 aliphatic heterocycles. The number of pyridine rings is 1. The highest BCUT2D eigenvalue weighted by Gasteiger charge is 2.29. The molecule has 20 heavy (non-hydrogen) atoms. The molecule has 0 fully saturated rings. The number of benzene rings is 1. The molecule has 0 radical (unpaired) electrons. The van der Waals surface area contributed by atoms with Crippen LogP contribution in [-0.4, -0.2) is 10.9 Å². The van der Waals surface area contributed by atoms with Gasteiger partial charge in [-0.2, -0.15) is 13.2 Å². The van der Waals surface area contributed by atoms with E-state index in [-0.39, 0.29) is 16.8 Å². The fraction of sp³-hybridized carbons (Fsp3) is 0.0769. The number of carbonyl (C=O) groups is 1. The van der Waals surface area contributed by atoms with Crippen LogP contribution in [0.15, 0.2) is 47.4 Å². The monoisotopic (exact) mass is 282 g/mol. The molecule has 4 nitrogen and oxygen atoms in total. The summed E-state index contributed by atoms with van der Waals surface area (Å²) < 4.78 is 37.1. The number of rotatable bonds is 2. The van der Waals surface area contributed by atoms with Gasteiger partial charge in [-0.25, -0.2) is 0 Å². The van der Waals surface area contributed by atoms with Gasteiger partial charge in [-0.05, 0) is 24.3 Å². The summed E-state index contributed by atoms with van der Waals surface area (Å²) >= 11 is 0. The molecule has 7 heteroatoms. The second-order valence-electron chi connectivity index (χ2n) is 3.97. The van der Waals surface area contributed by atoms with Crippen molar-refractivity contribution in [3.63, 3.8) is 0 Å². The number of H-pyrrole nitrogens is 1. The number of alkyl halides is 3. The van der Waals surface area contributed by atoms with Gasteiger partial charge in [-0.3, -0.25) is 9.59 Å². The fourth-order valence-electron chi connectivity index (χ4n) is 1.52. The molecule has 0 unspecified atom stereocenters. The number of hydrogen-bond donors (Lipinski definition) is 2. The van der Waals surface area contributed by atoms with Crippen LogP contribution >= 0.6 is 0 Å². The van der Waals surface area contributed by atoms with Crippen LogP contribution in [0, 0.1) is 0 Å². The van der Waals surface area contributed by atoms with Gasteiger partial charge in [0.2, 0.25) is 0 Å². The molecular weight excluding hydrogens is 273 g/mol. The summed E-state index contributed by atoms with van der Waals surface area (Å²) in [5.41, 5.74) is -0.921. The number of anilines is 1. The molecule has 1 aromatic heterocycles. The molecule has 2 N–H and O–H groups in total. The van der Waals surface area contributed by atoms with Crippen molar-refractivity contribution in [1.29, 1.82) is 0 Å². The molecule has 2 rings (SSSR count). The summed E-state index contributed by atoms with van der Waals surface area (Å²) in [5.74, 6) is -0.609. The van der Waals surface area contributed by atoms with E-state index in [0.717, 1.165) is 30.3 Å². The second kappa shape index (κ2) is 5.20. The third-order valence-corrected chi connectivity index (χ3v) is 2.49. The summed E-state index contributed by atoms with van der Waals surface area (Å²) in [6.07, 6.45) is -3.11. The zero-order chi connectivity index (χ0) is 14.8. The molecule has 0 bridgehead atoms. The lowest BCUT2D eigenvalue weighted by molar-refractivity contribution is -0.137. The van der Waals surface area contributed by atoms with E-state index in [2.05, 4.69) is 10.3 Å². The van der Waals surface area contributed by atoms with Crippen molar-refractivity contribution in [2.24, 2.45) is 0 Å². The van der Waals surface area contributed by atoms with Crippen LogP contribution in [0.3, 0.4) is 0 Å². The fourth-order valence-corrected chi connectivity index (χ4v) is 1.52.